The average Bonchev–Trinajstić information content (AvgIpc) is 2.88. The fourth-order valence-corrected chi connectivity index (χ4v) is 5.69. The Morgan fingerprint density at radius 3 is 2.47 bits per heavy atom. The molecule has 3 aromatic rings. The topological polar surface area (TPSA) is 128 Å². The van der Waals surface area contributed by atoms with Crippen LogP contribution in [0.5, 0.6) is 0 Å². The monoisotopic (exact) mass is 505 g/mol. The molecule has 0 bridgehead atoms. The number of nitrogens with one attached hydrogen (secondary N) is 1. The van der Waals surface area contributed by atoms with Crippen LogP contribution in [0.4, 0.5) is 14.9 Å². The number of aliphatic carboxylic acids is 1. The highest BCUT2D eigenvalue weighted by Crippen LogP contribution is 2.38. The summed E-state index contributed by atoms with van der Waals surface area (Å²) in [7, 11) is -4.18. The number of carbonyl (C=O) groups is 2. The molecule has 2 N–H and O–H groups in total. The number of hydrogen-bond acceptors (Lipinski definition) is 5. The molecular formula is C26H20FN3O5S. The quantitative estimate of drug-likeness (QED) is 0.508. The average molecular weight is 506 g/mol. The Hall–Kier alpha value is -4.49. The Morgan fingerprint density at radius 1 is 1.11 bits per heavy atom. The van der Waals surface area contributed by atoms with Gasteiger partial charge in [-0.25, -0.2) is 22.4 Å². The lowest BCUT2D eigenvalue weighted by atomic mass is 9.94. The zero-order chi connectivity index (χ0) is 26.0. The van der Waals surface area contributed by atoms with Gasteiger partial charge in [0, 0.05) is 5.70 Å². The number of carbonyl (C=O) groups excluding carboxylic acids is 1. The molecule has 182 valence electrons. The minimum Gasteiger partial charge on any atom is -0.478 e. The van der Waals surface area contributed by atoms with Gasteiger partial charge in [0.25, 0.3) is 0 Å². The number of alkyl halides is 1. The van der Waals surface area contributed by atoms with Gasteiger partial charge in [0.2, 0.25) is 9.84 Å². The van der Waals surface area contributed by atoms with Crippen LogP contribution in [-0.4, -0.2) is 25.5 Å². The van der Waals surface area contributed by atoms with Crippen LogP contribution < -0.4 is 10.2 Å². The lowest BCUT2D eigenvalue weighted by Gasteiger charge is -2.35. The molecule has 1 unspecified atom stereocenters. The van der Waals surface area contributed by atoms with E-state index in [-0.39, 0.29) is 37.9 Å². The molecule has 1 heterocycles. The highest BCUT2D eigenvalue weighted by molar-refractivity contribution is 7.91. The first-order chi connectivity index (χ1) is 17.2. The van der Waals surface area contributed by atoms with Crippen molar-refractivity contribution in [3.05, 3.63) is 101 Å². The molecule has 1 aliphatic rings. The van der Waals surface area contributed by atoms with Crippen molar-refractivity contribution in [2.45, 2.75) is 29.4 Å². The van der Waals surface area contributed by atoms with Crippen molar-refractivity contribution in [3.63, 3.8) is 0 Å². The van der Waals surface area contributed by atoms with Crippen LogP contribution in [0.15, 0.2) is 93.9 Å². The second-order valence-electron chi connectivity index (χ2n) is 8.01. The number of rotatable bonds is 6. The summed E-state index contributed by atoms with van der Waals surface area (Å²) in [5.41, 5.74) is 0.386. The number of anilines is 1. The van der Waals surface area contributed by atoms with Crippen molar-refractivity contribution in [1.29, 1.82) is 5.26 Å². The zero-order valence-corrected chi connectivity index (χ0v) is 19.8. The SMILES string of the molecule is CC1=C(C(=O)O)C(c2ccc(C#N)cc2S(=O)(=O)c2ccccc2)NC(=O)N1c1cccc(CF)c1. The Kier molecular flexibility index (Phi) is 6.59. The summed E-state index contributed by atoms with van der Waals surface area (Å²) in [5.74, 6) is -1.38. The molecular weight excluding hydrogens is 485 g/mol. The van der Waals surface area contributed by atoms with Gasteiger partial charge in [0.05, 0.1) is 38.7 Å². The van der Waals surface area contributed by atoms with E-state index < -0.39 is 34.6 Å². The third kappa shape index (κ3) is 4.32. The first-order valence-corrected chi connectivity index (χ1v) is 12.2. The van der Waals surface area contributed by atoms with Gasteiger partial charge in [-0.3, -0.25) is 4.90 Å². The normalized spacial score (nSPS) is 15.9. The summed E-state index contributed by atoms with van der Waals surface area (Å²) in [6.45, 7) is 0.652. The highest BCUT2D eigenvalue weighted by Gasteiger charge is 2.39. The molecule has 2 amide bonds. The fourth-order valence-electron chi connectivity index (χ4n) is 4.14. The van der Waals surface area contributed by atoms with Crippen molar-refractivity contribution in [1.82, 2.24) is 5.32 Å². The molecule has 36 heavy (non-hydrogen) atoms. The number of urea groups is 1. The van der Waals surface area contributed by atoms with Gasteiger partial charge in [0.1, 0.15) is 6.67 Å². The Bertz CT molecular complexity index is 1550. The summed E-state index contributed by atoms with van der Waals surface area (Å²) in [6.07, 6.45) is 0. The molecule has 0 spiro atoms. The number of nitrogens with zero attached hydrogens (tertiary/aromatic N) is 2. The Morgan fingerprint density at radius 2 is 1.83 bits per heavy atom. The lowest BCUT2D eigenvalue weighted by molar-refractivity contribution is -0.133. The molecule has 1 atom stereocenters. The van der Waals surface area contributed by atoms with E-state index in [1.807, 2.05) is 6.07 Å². The van der Waals surface area contributed by atoms with Crippen molar-refractivity contribution < 1.29 is 27.5 Å². The van der Waals surface area contributed by atoms with E-state index >= 15 is 0 Å². The van der Waals surface area contributed by atoms with E-state index in [1.165, 1.54) is 49.4 Å². The first kappa shape index (κ1) is 24.6. The van der Waals surface area contributed by atoms with Gasteiger partial charge >= 0.3 is 12.0 Å². The molecule has 0 aliphatic carbocycles. The van der Waals surface area contributed by atoms with Gasteiger partial charge in [-0.1, -0.05) is 36.4 Å². The first-order valence-electron chi connectivity index (χ1n) is 10.7. The van der Waals surface area contributed by atoms with E-state index in [0.717, 1.165) is 11.0 Å². The zero-order valence-electron chi connectivity index (χ0n) is 19.0. The number of nitriles is 1. The predicted molar refractivity (Wildman–Crippen MR) is 128 cm³/mol. The van der Waals surface area contributed by atoms with Gasteiger partial charge in [-0.2, -0.15) is 5.26 Å². The molecule has 4 rings (SSSR count). The van der Waals surface area contributed by atoms with E-state index in [1.54, 1.807) is 24.3 Å². The number of carboxylic acid groups (broad SMARTS) is 1. The number of allylic oxidation sites excluding steroid dienone is 1. The number of benzene rings is 3. The minimum absolute atomic E-state index is 0.000104. The van der Waals surface area contributed by atoms with E-state index in [4.69, 9.17) is 0 Å². The molecule has 10 heteroatoms. The number of amides is 2. The van der Waals surface area contributed by atoms with E-state index in [9.17, 15) is 32.8 Å². The molecule has 0 saturated heterocycles. The highest BCUT2D eigenvalue weighted by atomic mass is 32.2. The number of carboxylic acids is 1. The van der Waals surface area contributed by atoms with Crippen LogP contribution in [0.1, 0.15) is 29.7 Å². The molecule has 3 aromatic carbocycles. The minimum atomic E-state index is -4.18. The maximum atomic E-state index is 13.5. The maximum Gasteiger partial charge on any atom is 0.335 e. The van der Waals surface area contributed by atoms with E-state index in [0.29, 0.717) is 5.56 Å². The summed E-state index contributed by atoms with van der Waals surface area (Å²) < 4.78 is 40.3. The smallest absolute Gasteiger partial charge is 0.335 e. The summed E-state index contributed by atoms with van der Waals surface area (Å²) >= 11 is 0. The molecule has 8 nitrogen and oxygen atoms in total. The fraction of sp³-hybridized carbons (Fsp3) is 0.115. The Labute approximate surface area is 206 Å². The van der Waals surface area contributed by atoms with Crippen molar-refractivity contribution in [2.75, 3.05) is 4.90 Å². The summed E-state index contributed by atoms with van der Waals surface area (Å²) in [5, 5.41) is 22.1. The third-order valence-corrected chi connectivity index (χ3v) is 7.66. The standard InChI is InChI=1S/C26H20FN3O5S/c1-16-23(25(31)32)24(29-26(33)30(16)19-7-5-6-17(12-19)14-27)21-11-10-18(15-28)13-22(21)36(34,35)20-8-3-2-4-9-20/h2-13,24H,14H2,1H3,(H,29,33)(H,31,32). The Balaban J connectivity index is 1.93. The van der Waals surface area contributed by atoms with Crippen LogP contribution in [0, 0.1) is 11.3 Å². The molecule has 1 aliphatic heterocycles. The number of halogens is 1. The predicted octanol–water partition coefficient (Wildman–Crippen LogP) is 4.49. The lowest BCUT2D eigenvalue weighted by Crippen LogP contribution is -2.48. The van der Waals surface area contributed by atoms with Gasteiger partial charge in [0.15, 0.2) is 0 Å². The largest absolute Gasteiger partial charge is 0.478 e. The van der Waals surface area contributed by atoms with E-state index in [2.05, 4.69) is 5.32 Å². The van der Waals surface area contributed by atoms with Gasteiger partial charge < -0.3 is 10.4 Å². The van der Waals surface area contributed by atoms with Gasteiger partial charge in [-0.05, 0) is 54.4 Å². The third-order valence-electron chi connectivity index (χ3n) is 5.83. The number of hydrogen-bond donors (Lipinski definition) is 2. The maximum absolute atomic E-state index is 13.5. The second-order valence-corrected chi connectivity index (χ2v) is 9.92. The van der Waals surface area contributed by atoms with Crippen LogP contribution >= 0.6 is 0 Å². The van der Waals surface area contributed by atoms with Crippen molar-refractivity contribution >= 4 is 27.5 Å². The number of sulfone groups is 1. The second kappa shape index (κ2) is 9.64. The van der Waals surface area contributed by atoms with Crippen LogP contribution in [0.3, 0.4) is 0 Å². The molecule has 0 aromatic heterocycles. The van der Waals surface area contributed by atoms with Crippen molar-refractivity contribution in [3.8, 4) is 6.07 Å². The molecule has 0 fully saturated rings. The van der Waals surface area contributed by atoms with Gasteiger partial charge in [-0.15, -0.1) is 0 Å². The molecule has 0 saturated carbocycles. The molecule has 0 radical (unpaired) electrons. The summed E-state index contributed by atoms with van der Waals surface area (Å²) in [4.78, 5) is 26.4. The van der Waals surface area contributed by atoms with Crippen LogP contribution in [-0.2, 0) is 21.3 Å². The summed E-state index contributed by atoms with van der Waals surface area (Å²) in [6, 6.07) is 17.2. The van der Waals surface area contributed by atoms with Crippen LogP contribution in [0.2, 0.25) is 0 Å². The van der Waals surface area contributed by atoms with Crippen molar-refractivity contribution in [2.24, 2.45) is 0 Å². The van der Waals surface area contributed by atoms with Crippen LogP contribution in [0.25, 0.3) is 0 Å².